The zero-order valence-electron chi connectivity index (χ0n) is 7.80. The molecule has 3 heteroatoms. The smallest absolute Gasteiger partial charge is 0.229 e. The van der Waals surface area contributed by atoms with Crippen molar-refractivity contribution >= 4 is 17.5 Å². The lowest BCUT2D eigenvalue weighted by Gasteiger charge is -1.98. The fourth-order valence-electron chi connectivity index (χ4n) is 1.01. The summed E-state index contributed by atoms with van der Waals surface area (Å²) in [4.78, 5) is 10.4. The summed E-state index contributed by atoms with van der Waals surface area (Å²) in [6.07, 6.45) is 0.0602. The van der Waals surface area contributed by atoms with E-state index in [2.05, 4.69) is 11.8 Å². The molecule has 72 valence electrons. The van der Waals surface area contributed by atoms with Crippen molar-refractivity contribution in [2.75, 3.05) is 0 Å². The summed E-state index contributed by atoms with van der Waals surface area (Å²) in [5.74, 6) is 5.08. The highest BCUT2D eigenvalue weighted by molar-refractivity contribution is 6.31. The van der Waals surface area contributed by atoms with Gasteiger partial charge in [0.05, 0.1) is 11.4 Å². The Balaban J connectivity index is 2.94. The van der Waals surface area contributed by atoms with Gasteiger partial charge in [-0.25, -0.2) is 0 Å². The standard InChI is InChI=1S/C11H10ClNO/c1-8-4-2-6-10(12)9(8)5-3-7-11(13)14/h2,4,6H,7H2,1H3,(H2,13,14). The fraction of sp³-hybridized carbons (Fsp3) is 0.182. The van der Waals surface area contributed by atoms with Crippen molar-refractivity contribution < 1.29 is 4.79 Å². The van der Waals surface area contributed by atoms with Gasteiger partial charge in [-0.1, -0.05) is 35.6 Å². The highest BCUT2D eigenvalue weighted by atomic mass is 35.5. The molecule has 2 nitrogen and oxygen atoms in total. The molecule has 1 amide bonds. The summed E-state index contributed by atoms with van der Waals surface area (Å²) in [5.41, 5.74) is 6.71. The topological polar surface area (TPSA) is 43.1 Å². The van der Waals surface area contributed by atoms with Gasteiger partial charge in [0.25, 0.3) is 0 Å². The molecule has 0 radical (unpaired) electrons. The van der Waals surface area contributed by atoms with E-state index in [1.165, 1.54) is 0 Å². The zero-order valence-corrected chi connectivity index (χ0v) is 8.56. The van der Waals surface area contributed by atoms with Crippen molar-refractivity contribution in [2.45, 2.75) is 13.3 Å². The molecule has 0 saturated carbocycles. The largest absolute Gasteiger partial charge is 0.369 e. The van der Waals surface area contributed by atoms with Gasteiger partial charge in [-0.05, 0) is 18.6 Å². The first kappa shape index (κ1) is 10.6. The third kappa shape index (κ3) is 2.79. The van der Waals surface area contributed by atoms with Gasteiger partial charge < -0.3 is 5.73 Å². The van der Waals surface area contributed by atoms with Gasteiger partial charge in [-0.2, -0.15) is 0 Å². The number of hydrogen-bond acceptors (Lipinski definition) is 1. The van der Waals surface area contributed by atoms with E-state index in [0.717, 1.165) is 11.1 Å². The van der Waals surface area contributed by atoms with Crippen LogP contribution in [0, 0.1) is 18.8 Å². The first-order valence-electron chi connectivity index (χ1n) is 4.13. The zero-order chi connectivity index (χ0) is 10.6. The number of nitrogens with two attached hydrogens (primary N) is 1. The summed E-state index contributed by atoms with van der Waals surface area (Å²) in [7, 11) is 0. The third-order valence-corrected chi connectivity index (χ3v) is 2.01. The second-order valence-electron chi connectivity index (χ2n) is 2.88. The minimum absolute atomic E-state index is 0.0602. The lowest BCUT2D eigenvalue weighted by molar-refractivity contribution is -0.117. The number of hydrogen-bond donors (Lipinski definition) is 1. The van der Waals surface area contributed by atoms with E-state index in [1.807, 2.05) is 19.1 Å². The Morgan fingerprint density at radius 2 is 2.29 bits per heavy atom. The Kier molecular flexibility index (Phi) is 3.55. The van der Waals surface area contributed by atoms with Crippen LogP contribution in [0.1, 0.15) is 17.5 Å². The average Bonchev–Trinajstić information content (AvgIpc) is 2.09. The highest BCUT2D eigenvalue weighted by Crippen LogP contribution is 2.17. The van der Waals surface area contributed by atoms with E-state index >= 15 is 0 Å². The van der Waals surface area contributed by atoms with Gasteiger partial charge >= 0.3 is 0 Å². The predicted molar refractivity (Wildman–Crippen MR) is 56.9 cm³/mol. The molecule has 0 spiro atoms. The van der Waals surface area contributed by atoms with Crippen molar-refractivity contribution in [3.63, 3.8) is 0 Å². The lowest BCUT2D eigenvalue weighted by atomic mass is 10.1. The number of primary amides is 1. The molecule has 0 bridgehead atoms. The van der Waals surface area contributed by atoms with Gasteiger partial charge in [0.1, 0.15) is 0 Å². The van der Waals surface area contributed by atoms with Gasteiger partial charge in [0.15, 0.2) is 0 Å². The van der Waals surface area contributed by atoms with E-state index in [9.17, 15) is 4.79 Å². The molecule has 0 aliphatic carbocycles. The normalized spacial score (nSPS) is 9.00. The SMILES string of the molecule is Cc1cccc(Cl)c1C#CCC(N)=O. The van der Waals surface area contributed by atoms with Crippen LogP contribution in [0.5, 0.6) is 0 Å². The first-order chi connectivity index (χ1) is 6.61. The van der Waals surface area contributed by atoms with Crippen LogP contribution in [0.4, 0.5) is 0 Å². The van der Waals surface area contributed by atoms with Crippen molar-refractivity contribution in [1.82, 2.24) is 0 Å². The van der Waals surface area contributed by atoms with Crippen LogP contribution in [-0.4, -0.2) is 5.91 Å². The number of halogens is 1. The molecule has 0 fully saturated rings. The van der Waals surface area contributed by atoms with Crippen molar-refractivity contribution in [2.24, 2.45) is 5.73 Å². The third-order valence-electron chi connectivity index (χ3n) is 1.70. The monoisotopic (exact) mass is 207 g/mol. The number of carbonyl (C=O) groups excluding carboxylic acids is 1. The van der Waals surface area contributed by atoms with E-state index < -0.39 is 5.91 Å². The van der Waals surface area contributed by atoms with Crippen molar-refractivity contribution in [3.05, 3.63) is 34.3 Å². The Labute approximate surface area is 88.1 Å². The number of aryl methyl sites for hydroxylation is 1. The van der Waals surface area contributed by atoms with E-state index in [0.29, 0.717) is 5.02 Å². The molecule has 1 aromatic carbocycles. The summed E-state index contributed by atoms with van der Waals surface area (Å²) in [5, 5.41) is 0.599. The molecule has 0 heterocycles. The number of benzene rings is 1. The maximum atomic E-state index is 10.4. The van der Waals surface area contributed by atoms with Crippen molar-refractivity contribution in [3.8, 4) is 11.8 Å². The predicted octanol–water partition coefficient (Wildman–Crippen LogP) is 1.88. The Hall–Kier alpha value is -1.46. The fourth-order valence-corrected chi connectivity index (χ4v) is 1.28. The van der Waals surface area contributed by atoms with Crippen LogP contribution in [0.25, 0.3) is 0 Å². The molecule has 0 saturated heterocycles. The molecule has 0 atom stereocenters. The summed E-state index contributed by atoms with van der Waals surface area (Å²) in [6, 6.07) is 5.54. The Morgan fingerprint density at radius 1 is 1.57 bits per heavy atom. The van der Waals surface area contributed by atoms with Crippen LogP contribution in [-0.2, 0) is 4.79 Å². The molecule has 0 aliphatic rings. The second kappa shape index (κ2) is 4.69. The van der Waals surface area contributed by atoms with Gasteiger partial charge in [0.2, 0.25) is 5.91 Å². The number of rotatable bonds is 1. The molecule has 0 aromatic heterocycles. The van der Waals surface area contributed by atoms with Gasteiger partial charge in [0, 0.05) is 5.56 Å². The second-order valence-corrected chi connectivity index (χ2v) is 3.28. The van der Waals surface area contributed by atoms with E-state index in [1.54, 1.807) is 6.07 Å². The van der Waals surface area contributed by atoms with Crippen molar-refractivity contribution in [1.29, 1.82) is 0 Å². The maximum absolute atomic E-state index is 10.4. The lowest BCUT2D eigenvalue weighted by Crippen LogP contribution is -2.08. The van der Waals surface area contributed by atoms with Crippen LogP contribution in [0.2, 0.25) is 5.02 Å². The molecular formula is C11H10ClNO. The molecule has 1 aromatic rings. The van der Waals surface area contributed by atoms with E-state index in [-0.39, 0.29) is 6.42 Å². The van der Waals surface area contributed by atoms with Gasteiger partial charge in [-0.15, -0.1) is 0 Å². The summed E-state index contributed by atoms with van der Waals surface area (Å²) in [6.45, 7) is 1.92. The van der Waals surface area contributed by atoms with Gasteiger partial charge in [-0.3, -0.25) is 4.79 Å². The van der Waals surface area contributed by atoms with E-state index in [4.69, 9.17) is 17.3 Å². The van der Waals surface area contributed by atoms with Crippen LogP contribution in [0.15, 0.2) is 18.2 Å². The van der Waals surface area contributed by atoms with Crippen LogP contribution in [0.3, 0.4) is 0 Å². The first-order valence-corrected chi connectivity index (χ1v) is 4.51. The number of carbonyl (C=O) groups is 1. The molecular weight excluding hydrogens is 198 g/mol. The quantitative estimate of drug-likeness (QED) is 0.702. The molecule has 1 rings (SSSR count). The minimum Gasteiger partial charge on any atom is -0.369 e. The average molecular weight is 208 g/mol. The van der Waals surface area contributed by atoms with Crippen LogP contribution >= 0.6 is 11.6 Å². The Morgan fingerprint density at radius 3 is 2.86 bits per heavy atom. The summed E-state index contributed by atoms with van der Waals surface area (Å²) >= 11 is 5.93. The van der Waals surface area contributed by atoms with Crippen LogP contribution < -0.4 is 5.73 Å². The maximum Gasteiger partial charge on any atom is 0.229 e. The Bertz CT molecular complexity index is 395. The highest BCUT2D eigenvalue weighted by Gasteiger charge is 1.98. The number of amides is 1. The molecule has 14 heavy (non-hydrogen) atoms. The molecule has 0 unspecified atom stereocenters. The summed E-state index contributed by atoms with van der Waals surface area (Å²) < 4.78 is 0. The molecule has 2 N–H and O–H groups in total. The molecule has 0 aliphatic heterocycles. The minimum atomic E-state index is -0.429.